The van der Waals surface area contributed by atoms with E-state index in [-0.39, 0.29) is 23.7 Å². The van der Waals surface area contributed by atoms with Crippen LogP contribution < -0.4 is 22.4 Å². The Morgan fingerprint density at radius 2 is 1.68 bits per heavy atom. The van der Waals surface area contributed by atoms with Gasteiger partial charge in [0.25, 0.3) is 5.56 Å². The molecule has 1 aromatic heterocycles. The molecule has 0 fully saturated rings. The molecule has 3 aromatic rings. The number of halogens is 1. The van der Waals surface area contributed by atoms with E-state index in [0.29, 0.717) is 10.2 Å². The molecule has 0 atom stereocenters. The summed E-state index contributed by atoms with van der Waals surface area (Å²) < 4.78 is 2.13. The number of H-pyrrole nitrogens is 1. The van der Waals surface area contributed by atoms with Gasteiger partial charge in [-0.2, -0.15) is 5.11 Å². The molecule has 6 nitrogen and oxygen atoms in total. The molecule has 0 aliphatic carbocycles. The second-order valence-corrected chi connectivity index (χ2v) is 6.37. The van der Waals surface area contributed by atoms with Gasteiger partial charge in [-0.1, -0.05) is 24.3 Å². The molecule has 1 heterocycles. The summed E-state index contributed by atoms with van der Waals surface area (Å²) in [5.41, 5.74) is 2.63. The standard InChI is InChI=1S/C18H19N5O.ClH/c1-23(2,3)16-11-7-8-14(12-16)20-21-17-13-19-22(18(17)24)15-9-5-4-6-10-15;/h4-13H,1-3H3;1H. The molecule has 0 unspecified atom stereocenters. The van der Waals surface area contributed by atoms with E-state index in [9.17, 15) is 4.79 Å². The summed E-state index contributed by atoms with van der Waals surface area (Å²) in [6, 6.07) is 17.2. The summed E-state index contributed by atoms with van der Waals surface area (Å²) >= 11 is 0. The first-order valence-corrected chi connectivity index (χ1v) is 7.65. The van der Waals surface area contributed by atoms with Crippen molar-refractivity contribution in [2.75, 3.05) is 21.1 Å². The van der Waals surface area contributed by atoms with Gasteiger partial charge in [-0.25, -0.2) is 4.68 Å². The van der Waals surface area contributed by atoms with Crippen molar-refractivity contribution in [1.29, 1.82) is 0 Å². The Balaban J connectivity index is 0.00000225. The third-order valence-electron chi connectivity index (χ3n) is 3.64. The van der Waals surface area contributed by atoms with Crippen LogP contribution in [0.3, 0.4) is 0 Å². The molecule has 0 bridgehead atoms. The third-order valence-corrected chi connectivity index (χ3v) is 3.64. The van der Waals surface area contributed by atoms with E-state index in [4.69, 9.17) is 0 Å². The number of azo groups is 1. The highest BCUT2D eigenvalue weighted by atomic mass is 35.5. The number of nitrogens with zero attached hydrogens (tertiary/aromatic N) is 4. The van der Waals surface area contributed by atoms with Crippen LogP contribution in [0.1, 0.15) is 0 Å². The van der Waals surface area contributed by atoms with Crippen molar-refractivity contribution < 1.29 is 12.4 Å². The number of nitrogens with one attached hydrogen (secondary N) is 1. The summed E-state index contributed by atoms with van der Waals surface area (Å²) in [5.74, 6) is 0. The van der Waals surface area contributed by atoms with E-state index in [1.165, 1.54) is 4.68 Å². The van der Waals surface area contributed by atoms with Gasteiger partial charge in [0, 0.05) is 6.07 Å². The molecule has 7 heteroatoms. The fourth-order valence-corrected chi connectivity index (χ4v) is 2.29. The minimum absolute atomic E-state index is 0. The van der Waals surface area contributed by atoms with Crippen LogP contribution >= 0.6 is 0 Å². The zero-order chi connectivity index (χ0) is 17.2. The molecule has 25 heavy (non-hydrogen) atoms. The van der Waals surface area contributed by atoms with Crippen LogP contribution in [0.25, 0.3) is 5.69 Å². The molecular weight excluding hydrogens is 338 g/mol. The molecule has 130 valence electrons. The van der Waals surface area contributed by atoms with E-state index in [1.54, 1.807) is 6.20 Å². The number of hydrogen-bond acceptors (Lipinski definition) is 3. The van der Waals surface area contributed by atoms with E-state index < -0.39 is 0 Å². The van der Waals surface area contributed by atoms with Gasteiger partial charge in [-0.3, -0.25) is 14.4 Å². The van der Waals surface area contributed by atoms with Crippen LogP contribution in [0.5, 0.6) is 0 Å². The molecule has 1 N–H and O–H groups in total. The molecule has 0 spiro atoms. The van der Waals surface area contributed by atoms with Gasteiger partial charge in [0.05, 0.1) is 38.7 Å². The molecule has 0 aliphatic heterocycles. The predicted molar refractivity (Wildman–Crippen MR) is 96.6 cm³/mol. The summed E-state index contributed by atoms with van der Waals surface area (Å²) in [6.45, 7) is 0. The van der Waals surface area contributed by atoms with Gasteiger partial charge in [0.15, 0.2) is 5.69 Å². The topological polar surface area (TPSA) is 62.5 Å². The lowest BCUT2D eigenvalue weighted by Gasteiger charge is -2.23. The van der Waals surface area contributed by atoms with E-state index in [0.717, 1.165) is 11.4 Å². The molecule has 0 aliphatic rings. The fraction of sp³-hybridized carbons (Fsp3) is 0.167. The maximum Gasteiger partial charge on any atom is 0.298 e. The highest BCUT2D eigenvalue weighted by molar-refractivity contribution is 5.52. The zero-order valence-corrected chi connectivity index (χ0v) is 15.1. The maximum absolute atomic E-state index is 12.4. The van der Waals surface area contributed by atoms with Crippen LogP contribution in [0.15, 0.2) is 75.8 Å². The zero-order valence-electron chi connectivity index (χ0n) is 14.3. The largest absolute Gasteiger partial charge is 1.00 e. The van der Waals surface area contributed by atoms with Gasteiger partial charge < -0.3 is 12.4 Å². The Labute approximate surface area is 152 Å². The molecule has 0 radical (unpaired) electrons. The lowest BCUT2D eigenvalue weighted by atomic mass is 10.2. The number of benzene rings is 2. The molecule has 3 rings (SSSR count). The third kappa shape index (κ3) is 4.23. The normalized spacial score (nSPS) is 11.5. The predicted octanol–water partition coefficient (Wildman–Crippen LogP) is 0.782. The molecular formula is C18H20ClN5O. The van der Waals surface area contributed by atoms with Crippen LogP contribution in [0.4, 0.5) is 17.1 Å². The SMILES string of the molecule is C[N+](C)(C)c1cccc(N=Nc2c[nH]n(-c3ccccc3)c2=O)c1.[Cl-]. The number of hydrogen-bond donors (Lipinski definition) is 1. The van der Waals surface area contributed by atoms with E-state index >= 15 is 0 Å². The first-order chi connectivity index (χ1) is 11.4. The minimum Gasteiger partial charge on any atom is -1.00 e. The number of aromatic nitrogens is 2. The Morgan fingerprint density at radius 1 is 0.960 bits per heavy atom. The van der Waals surface area contributed by atoms with Crippen molar-refractivity contribution in [3.05, 3.63) is 71.1 Å². The molecule has 0 saturated carbocycles. The Bertz CT molecular complexity index is 922. The second kappa shape index (κ2) is 7.46. The number of rotatable bonds is 4. The summed E-state index contributed by atoms with van der Waals surface area (Å²) in [7, 11) is 6.25. The van der Waals surface area contributed by atoms with Crippen LogP contribution in [0, 0.1) is 0 Å². The van der Waals surface area contributed by atoms with Crippen molar-refractivity contribution in [2.24, 2.45) is 10.2 Å². The molecule has 0 amide bonds. The van der Waals surface area contributed by atoms with Crippen LogP contribution in [0.2, 0.25) is 0 Å². The van der Waals surface area contributed by atoms with Gasteiger partial charge >= 0.3 is 0 Å². The summed E-state index contributed by atoms with van der Waals surface area (Å²) in [6.07, 6.45) is 1.56. The van der Waals surface area contributed by atoms with E-state index in [2.05, 4.69) is 36.5 Å². The quantitative estimate of drug-likeness (QED) is 0.544. The van der Waals surface area contributed by atoms with Crippen molar-refractivity contribution >= 4 is 17.1 Å². The maximum atomic E-state index is 12.4. The average Bonchev–Trinajstić information content (AvgIpc) is 2.94. The number of quaternary nitrogens is 1. The summed E-state index contributed by atoms with van der Waals surface area (Å²) in [5, 5.41) is 11.2. The van der Waals surface area contributed by atoms with Gasteiger partial charge in [0.1, 0.15) is 5.69 Å². The monoisotopic (exact) mass is 357 g/mol. The number of para-hydroxylation sites is 1. The van der Waals surface area contributed by atoms with Gasteiger partial charge in [0.2, 0.25) is 0 Å². The Hall–Kier alpha value is -2.70. The average molecular weight is 358 g/mol. The Kier molecular flexibility index (Phi) is 5.56. The van der Waals surface area contributed by atoms with E-state index in [1.807, 2.05) is 54.6 Å². The molecule has 0 saturated heterocycles. The lowest BCUT2D eigenvalue weighted by Crippen LogP contribution is -3.00. The first kappa shape index (κ1) is 18.6. The lowest BCUT2D eigenvalue weighted by molar-refractivity contribution is -0.00000526. The van der Waals surface area contributed by atoms with Crippen molar-refractivity contribution in [3.8, 4) is 5.69 Å². The number of aromatic amines is 1. The Morgan fingerprint density at radius 3 is 2.36 bits per heavy atom. The minimum atomic E-state index is -0.229. The highest BCUT2D eigenvalue weighted by Gasteiger charge is 2.12. The first-order valence-electron chi connectivity index (χ1n) is 7.65. The fourth-order valence-electron chi connectivity index (χ4n) is 2.29. The second-order valence-electron chi connectivity index (χ2n) is 6.37. The van der Waals surface area contributed by atoms with Crippen molar-refractivity contribution in [3.63, 3.8) is 0 Å². The van der Waals surface area contributed by atoms with Crippen molar-refractivity contribution in [2.45, 2.75) is 0 Å². The highest BCUT2D eigenvalue weighted by Crippen LogP contribution is 2.24. The summed E-state index contributed by atoms with van der Waals surface area (Å²) in [4.78, 5) is 12.4. The van der Waals surface area contributed by atoms with Crippen LogP contribution in [-0.2, 0) is 0 Å². The van der Waals surface area contributed by atoms with Crippen molar-refractivity contribution in [1.82, 2.24) is 14.3 Å². The van der Waals surface area contributed by atoms with Gasteiger partial charge in [-0.15, -0.1) is 5.11 Å². The van der Waals surface area contributed by atoms with Crippen LogP contribution in [-0.4, -0.2) is 30.9 Å². The van der Waals surface area contributed by atoms with Gasteiger partial charge in [-0.05, 0) is 24.3 Å². The smallest absolute Gasteiger partial charge is 0.298 e. The molecule has 2 aromatic carbocycles.